The topological polar surface area (TPSA) is 54.5 Å². The maximum absolute atomic E-state index is 14.7. The molecule has 4 aromatic rings. The van der Waals surface area contributed by atoms with Crippen LogP contribution < -0.4 is 10.1 Å². The van der Waals surface area contributed by atoms with Gasteiger partial charge in [0, 0.05) is 41.3 Å². The fourth-order valence-corrected chi connectivity index (χ4v) is 7.06. The number of hydrogen-bond donors (Lipinski definition) is 1. The minimum atomic E-state index is -0.426. The highest BCUT2D eigenvalue weighted by molar-refractivity contribution is 7.21. The van der Waals surface area contributed by atoms with Crippen molar-refractivity contribution >= 4 is 38.9 Å². The van der Waals surface area contributed by atoms with E-state index >= 15 is 0 Å². The fourth-order valence-electron chi connectivity index (χ4n) is 5.43. The summed E-state index contributed by atoms with van der Waals surface area (Å²) >= 11 is 7.86. The lowest BCUT2D eigenvalue weighted by Crippen LogP contribution is -2.44. The second-order valence-electron chi connectivity index (χ2n) is 9.96. The van der Waals surface area contributed by atoms with E-state index in [-0.39, 0.29) is 29.3 Å². The van der Waals surface area contributed by atoms with Crippen molar-refractivity contribution in [2.75, 3.05) is 14.2 Å². The number of hydrogen-bond acceptors (Lipinski definition) is 5. The van der Waals surface area contributed by atoms with Crippen molar-refractivity contribution in [3.05, 3.63) is 81.5 Å². The standard InChI is InChI=1S/C30H30ClF2N3O2S/c1-17-4-10-24(33)28-26(17)27(31)29(39-28)30(37)36(23-8-6-22(34-2)7-9-23)16-20-12-18(5-11-25(20)38-3)19-13-21(32)15-35-14-19/h4-5,10-15,22-23,34H,6-9,16H2,1-3H3. The van der Waals surface area contributed by atoms with Gasteiger partial charge >= 0.3 is 0 Å². The van der Waals surface area contributed by atoms with Gasteiger partial charge in [-0.2, -0.15) is 0 Å². The molecule has 204 valence electrons. The summed E-state index contributed by atoms with van der Waals surface area (Å²) in [6.45, 7) is 2.13. The first-order valence-electron chi connectivity index (χ1n) is 12.9. The Hall–Kier alpha value is -3.07. The molecule has 0 aliphatic heterocycles. The molecule has 1 aliphatic rings. The number of nitrogens with one attached hydrogen (secondary N) is 1. The number of carbonyl (C=O) groups excluding carboxylic acids is 1. The van der Waals surface area contributed by atoms with E-state index in [0.717, 1.165) is 59.9 Å². The smallest absolute Gasteiger partial charge is 0.266 e. The lowest BCUT2D eigenvalue weighted by molar-refractivity contribution is 0.0604. The minimum absolute atomic E-state index is 0.0291. The van der Waals surface area contributed by atoms with E-state index in [4.69, 9.17) is 16.3 Å². The zero-order valence-electron chi connectivity index (χ0n) is 22.1. The van der Waals surface area contributed by atoms with Crippen LogP contribution in [0.1, 0.15) is 46.5 Å². The molecule has 0 atom stereocenters. The summed E-state index contributed by atoms with van der Waals surface area (Å²) in [7, 11) is 3.54. The molecule has 5 rings (SSSR count). The maximum Gasteiger partial charge on any atom is 0.266 e. The van der Waals surface area contributed by atoms with Crippen LogP contribution in [-0.4, -0.2) is 42.0 Å². The molecule has 1 N–H and O–H groups in total. The summed E-state index contributed by atoms with van der Waals surface area (Å²) in [5, 5.41) is 4.22. The van der Waals surface area contributed by atoms with Gasteiger partial charge in [-0.15, -0.1) is 11.3 Å². The third-order valence-corrected chi connectivity index (χ3v) is 9.28. The Labute approximate surface area is 235 Å². The van der Waals surface area contributed by atoms with Crippen LogP contribution in [0, 0.1) is 18.6 Å². The second kappa shape index (κ2) is 11.6. The van der Waals surface area contributed by atoms with Crippen LogP contribution in [0.4, 0.5) is 8.78 Å². The molecule has 0 bridgehead atoms. The number of amides is 1. The monoisotopic (exact) mass is 569 g/mol. The Bertz CT molecular complexity index is 1520. The van der Waals surface area contributed by atoms with Crippen molar-refractivity contribution in [1.29, 1.82) is 0 Å². The lowest BCUT2D eigenvalue weighted by Gasteiger charge is -2.37. The number of thiophene rings is 1. The second-order valence-corrected chi connectivity index (χ2v) is 11.4. The summed E-state index contributed by atoms with van der Waals surface area (Å²) in [4.78, 5) is 20.4. The number of rotatable bonds is 7. The van der Waals surface area contributed by atoms with E-state index < -0.39 is 5.82 Å². The Morgan fingerprint density at radius 1 is 1.13 bits per heavy atom. The average molecular weight is 570 g/mol. The molecule has 0 spiro atoms. The molecule has 9 heteroatoms. The Morgan fingerprint density at radius 2 is 1.90 bits per heavy atom. The van der Waals surface area contributed by atoms with Crippen molar-refractivity contribution in [1.82, 2.24) is 15.2 Å². The van der Waals surface area contributed by atoms with E-state index in [1.165, 1.54) is 12.1 Å². The maximum atomic E-state index is 14.7. The van der Waals surface area contributed by atoms with E-state index in [0.29, 0.717) is 32.3 Å². The average Bonchev–Trinajstić information content (AvgIpc) is 3.31. The van der Waals surface area contributed by atoms with Crippen molar-refractivity contribution in [2.45, 2.75) is 51.2 Å². The molecule has 2 heterocycles. The predicted molar refractivity (Wildman–Crippen MR) is 153 cm³/mol. The molecule has 39 heavy (non-hydrogen) atoms. The number of fused-ring (bicyclic) bond motifs is 1. The highest BCUT2D eigenvalue weighted by Crippen LogP contribution is 2.41. The number of pyridine rings is 1. The Kier molecular flexibility index (Phi) is 8.16. The Morgan fingerprint density at radius 3 is 2.56 bits per heavy atom. The highest BCUT2D eigenvalue weighted by atomic mass is 35.5. The number of nitrogens with zero attached hydrogens (tertiary/aromatic N) is 2. The van der Waals surface area contributed by atoms with Gasteiger partial charge in [-0.25, -0.2) is 8.78 Å². The summed E-state index contributed by atoms with van der Waals surface area (Å²) < 4.78 is 34.7. The van der Waals surface area contributed by atoms with E-state index in [1.807, 2.05) is 37.1 Å². The molecule has 2 aromatic carbocycles. The van der Waals surface area contributed by atoms with Crippen LogP contribution >= 0.6 is 22.9 Å². The van der Waals surface area contributed by atoms with Crippen molar-refractivity contribution in [3.63, 3.8) is 0 Å². The zero-order valence-corrected chi connectivity index (χ0v) is 23.6. The van der Waals surface area contributed by atoms with Crippen LogP contribution in [0.5, 0.6) is 5.75 Å². The molecule has 2 aromatic heterocycles. The third-order valence-electron chi connectivity index (χ3n) is 7.60. The number of ether oxygens (including phenoxy) is 1. The number of aromatic nitrogens is 1. The van der Waals surface area contributed by atoms with Crippen molar-refractivity contribution < 1.29 is 18.3 Å². The van der Waals surface area contributed by atoms with Crippen LogP contribution in [0.15, 0.2) is 48.8 Å². The Balaban J connectivity index is 1.56. The van der Waals surface area contributed by atoms with Gasteiger partial charge < -0.3 is 15.0 Å². The molecule has 1 saturated carbocycles. The SMILES string of the molecule is CNC1CCC(N(Cc2cc(-c3cncc(F)c3)ccc2OC)C(=O)c2sc3c(F)ccc(C)c3c2Cl)CC1. The first-order chi connectivity index (χ1) is 18.8. The number of benzene rings is 2. The predicted octanol–water partition coefficient (Wildman–Crippen LogP) is 7.38. The van der Waals surface area contributed by atoms with Gasteiger partial charge in [0.2, 0.25) is 0 Å². The van der Waals surface area contributed by atoms with Gasteiger partial charge in [-0.3, -0.25) is 9.78 Å². The third kappa shape index (κ3) is 5.51. The van der Waals surface area contributed by atoms with Gasteiger partial charge in [-0.05, 0) is 75.0 Å². The van der Waals surface area contributed by atoms with Crippen molar-refractivity contribution in [3.8, 4) is 16.9 Å². The summed E-state index contributed by atoms with van der Waals surface area (Å²) in [6, 6.07) is 10.5. The first-order valence-corrected chi connectivity index (χ1v) is 14.1. The molecular weight excluding hydrogens is 540 g/mol. The molecule has 1 amide bonds. The molecule has 0 unspecified atom stereocenters. The summed E-state index contributed by atoms with van der Waals surface area (Å²) in [6.07, 6.45) is 6.28. The van der Waals surface area contributed by atoms with Gasteiger partial charge in [-0.1, -0.05) is 23.7 Å². The van der Waals surface area contributed by atoms with Gasteiger partial charge in [0.15, 0.2) is 0 Å². The zero-order chi connectivity index (χ0) is 27.7. The highest BCUT2D eigenvalue weighted by Gasteiger charge is 2.32. The lowest BCUT2D eigenvalue weighted by atomic mass is 9.89. The molecule has 5 nitrogen and oxygen atoms in total. The molecule has 1 aliphatic carbocycles. The molecule has 0 radical (unpaired) electrons. The van der Waals surface area contributed by atoms with Crippen LogP contribution in [0.2, 0.25) is 5.02 Å². The quantitative estimate of drug-likeness (QED) is 0.252. The largest absolute Gasteiger partial charge is 0.496 e. The number of carbonyl (C=O) groups is 1. The first kappa shape index (κ1) is 27.5. The van der Waals surface area contributed by atoms with Crippen LogP contribution in [0.3, 0.4) is 0 Å². The van der Waals surface area contributed by atoms with Crippen LogP contribution in [-0.2, 0) is 6.54 Å². The van der Waals surface area contributed by atoms with Gasteiger partial charge in [0.05, 0.1) is 23.0 Å². The van der Waals surface area contributed by atoms with E-state index in [2.05, 4.69) is 10.3 Å². The number of aryl methyl sites for hydroxylation is 1. The number of halogens is 3. The summed E-state index contributed by atoms with van der Waals surface area (Å²) in [5.41, 5.74) is 3.00. The van der Waals surface area contributed by atoms with E-state index in [9.17, 15) is 13.6 Å². The molecule has 1 fully saturated rings. The van der Waals surface area contributed by atoms with Crippen molar-refractivity contribution in [2.24, 2.45) is 0 Å². The van der Waals surface area contributed by atoms with Gasteiger partial charge in [0.25, 0.3) is 5.91 Å². The van der Waals surface area contributed by atoms with E-state index in [1.54, 1.807) is 19.4 Å². The number of methoxy groups -OCH3 is 1. The summed E-state index contributed by atoms with van der Waals surface area (Å²) in [5.74, 6) is -0.424. The minimum Gasteiger partial charge on any atom is -0.496 e. The fraction of sp³-hybridized carbons (Fsp3) is 0.333. The van der Waals surface area contributed by atoms with Gasteiger partial charge in [0.1, 0.15) is 22.3 Å². The van der Waals surface area contributed by atoms with Crippen LogP contribution in [0.25, 0.3) is 21.2 Å². The normalized spacial score (nSPS) is 17.4. The molecule has 0 saturated heterocycles. The molecular formula is C30H30ClF2N3O2S.